The van der Waals surface area contributed by atoms with Gasteiger partial charge in [0.1, 0.15) is 23.2 Å². The van der Waals surface area contributed by atoms with Crippen molar-refractivity contribution in [2.75, 3.05) is 19.6 Å². The van der Waals surface area contributed by atoms with Crippen molar-refractivity contribution in [1.29, 1.82) is 0 Å². The Balaban J connectivity index is 1.57. The molecule has 0 saturated carbocycles. The third-order valence-corrected chi connectivity index (χ3v) is 4.55. The predicted octanol–water partition coefficient (Wildman–Crippen LogP) is 1.07. The lowest BCUT2D eigenvalue weighted by atomic mass is 9.90. The minimum Gasteiger partial charge on any atom is -0.507 e. The number of amides is 1. The molecule has 7 nitrogen and oxygen atoms in total. The summed E-state index contributed by atoms with van der Waals surface area (Å²) in [6.45, 7) is 5.93. The lowest BCUT2D eigenvalue weighted by Gasteiger charge is -2.40. The van der Waals surface area contributed by atoms with Gasteiger partial charge in [0.15, 0.2) is 0 Å². The third kappa shape index (κ3) is 3.17. The summed E-state index contributed by atoms with van der Waals surface area (Å²) in [5.74, 6) is -1.38. The fourth-order valence-electron chi connectivity index (χ4n) is 3.20. The van der Waals surface area contributed by atoms with E-state index in [1.54, 1.807) is 4.90 Å². The molecule has 7 heteroatoms. The SMILES string of the molecule is CC1(C)CN[C@H](C(=O)N2CC(Oc3cccc(O)c3C(=O)O)C2)C1. The third-order valence-electron chi connectivity index (χ3n) is 4.55. The maximum atomic E-state index is 12.4. The van der Waals surface area contributed by atoms with Crippen LogP contribution in [0.25, 0.3) is 0 Å². The minimum absolute atomic E-state index is 0.0646. The Hall–Kier alpha value is -2.28. The van der Waals surface area contributed by atoms with Gasteiger partial charge in [-0.2, -0.15) is 0 Å². The number of rotatable bonds is 4. The zero-order valence-corrected chi connectivity index (χ0v) is 13.8. The molecule has 2 aliphatic heterocycles. The van der Waals surface area contributed by atoms with Crippen molar-refractivity contribution >= 4 is 11.9 Å². The van der Waals surface area contributed by atoms with Gasteiger partial charge in [0, 0.05) is 6.54 Å². The number of benzene rings is 1. The number of carboxylic acid groups (broad SMARTS) is 1. The summed E-state index contributed by atoms with van der Waals surface area (Å²) in [7, 11) is 0. The molecule has 1 aromatic carbocycles. The Morgan fingerprint density at radius 1 is 1.33 bits per heavy atom. The Bertz CT molecular complexity index is 667. The van der Waals surface area contributed by atoms with Crippen molar-refractivity contribution in [2.45, 2.75) is 32.4 Å². The van der Waals surface area contributed by atoms with E-state index in [9.17, 15) is 19.8 Å². The molecule has 2 saturated heterocycles. The Morgan fingerprint density at radius 2 is 2.04 bits per heavy atom. The monoisotopic (exact) mass is 334 g/mol. The van der Waals surface area contributed by atoms with Crippen LogP contribution in [0.1, 0.15) is 30.6 Å². The van der Waals surface area contributed by atoms with Crippen molar-refractivity contribution in [1.82, 2.24) is 10.2 Å². The molecule has 2 heterocycles. The predicted molar refractivity (Wildman–Crippen MR) is 86.3 cm³/mol. The van der Waals surface area contributed by atoms with E-state index in [1.165, 1.54) is 18.2 Å². The normalized spacial score (nSPS) is 22.9. The summed E-state index contributed by atoms with van der Waals surface area (Å²) in [5, 5.41) is 22.1. The van der Waals surface area contributed by atoms with E-state index in [-0.39, 0.29) is 40.5 Å². The van der Waals surface area contributed by atoms with Crippen molar-refractivity contribution in [3.05, 3.63) is 23.8 Å². The largest absolute Gasteiger partial charge is 0.507 e. The average molecular weight is 334 g/mol. The summed E-state index contributed by atoms with van der Waals surface area (Å²) < 4.78 is 5.65. The second-order valence-corrected chi connectivity index (χ2v) is 7.24. The van der Waals surface area contributed by atoms with Crippen LogP contribution in [-0.2, 0) is 4.79 Å². The first-order valence-corrected chi connectivity index (χ1v) is 8.01. The fourth-order valence-corrected chi connectivity index (χ4v) is 3.20. The topological polar surface area (TPSA) is 99.1 Å². The molecule has 3 rings (SSSR count). The molecule has 0 aliphatic carbocycles. The second kappa shape index (κ2) is 5.98. The van der Waals surface area contributed by atoms with Crippen LogP contribution < -0.4 is 10.1 Å². The van der Waals surface area contributed by atoms with E-state index < -0.39 is 5.97 Å². The summed E-state index contributed by atoms with van der Waals surface area (Å²) in [6, 6.07) is 4.19. The first-order chi connectivity index (χ1) is 11.3. The van der Waals surface area contributed by atoms with Crippen LogP contribution in [0.15, 0.2) is 18.2 Å². The molecule has 1 atom stereocenters. The Labute approximate surface area is 140 Å². The van der Waals surface area contributed by atoms with E-state index in [4.69, 9.17) is 4.74 Å². The molecule has 0 bridgehead atoms. The summed E-state index contributed by atoms with van der Waals surface area (Å²) in [5.41, 5.74) is -0.125. The highest BCUT2D eigenvalue weighted by molar-refractivity contribution is 5.94. The van der Waals surface area contributed by atoms with Crippen LogP contribution in [0.5, 0.6) is 11.5 Å². The number of phenols is 1. The van der Waals surface area contributed by atoms with Crippen molar-refractivity contribution < 1.29 is 24.5 Å². The van der Waals surface area contributed by atoms with E-state index in [0.29, 0.717) is 13.1 Å². The highest BCUT2D eigenvalue weighted by atomic mass is 16.5. The molecule has 0 unspecified atom stereocenters. The number of carboxylic acids is 1. The number of carbonyl (C=O) groups excluding carboxylic acids is 1. The summed E-state index contributed by atoms with van der Waals surface area (Å²) in [6.07, 6.45) is 0.548. The van der Waals surface area contributed by atoms with Crippen LogP contribution in [-0.4, -0.2) is 58.8 Å². The zero-order valence-electron chi connectivity index (χ0n) is 13.8. The summed E-state index contributed by atoms with van der Waals surface area (Å²) >= 11 is 0. The van der Waals surface area contributed by atoms with Gasteiger partial charge in [-0.3, -0.25) is 4.79 Å². The van der Waals surface area contributed by atoms with Crippen LogP contribution >= 0.6 is 0 Å². The van der Waals surface area contributed by atoms with Crippen LogP contribution in [0.2, 0.25) is 0 Å². The maximum absolute atomic E-state index is 12.4. The zero-order chi connectivity index (χ0) is 17.5. The number of likely N-dealkylation sites (tertiary alicyclic amines) is 1. The molecule has 3 N–H and O–H groups in total. The molecule has 0 spiro atoms. The second-order valence-electron chi connectivity index (χ2n) is 7.24. The number of nitrogens with zero attached hydrogens (tertiary/aromatic N) is 1. The smallest absolute Gasteiger partial charge is 0.343 e. The number of aromatic carboxylic acids is 1. The molecule has 0 aromatic heterocycles. The van der Waals surface area contributed by atoms with Crippen molar-refractivity contribution in [3.63, 3.8) is 0 Å². The van der Waals surface area contributed by atoms with Gasteiger partial charge in [0.2, 0.25) is 5.91 Å². The highest BCUT2D eigenvalue weighted by Crippen LogP contribution is 2.31. The standard InChI is InChI=1S/C17H22N2O5/c1-17(2)6-11(18-9-17)15(21)19-7-10(8-19)24-13-5-3-4-12(20)14(13)16(22)23/h3-5,10-11,18,20H,6-9H2,1-2H3,(H,22,23)/t11-/m0/s1. The van der Waals surface area contributed by atoms with Gasteiger partial charge in [-0.1, -0.05) is 19.9 Å². The Kier molecular flexibility index (Phi) is 4.13. The quantitative estimate of drug-likeness (QED) is 0.762. The summed E-state index contributed by atoms with van der Waals surface area (Å²) in [4.78, 5) is 25.4. The van der Waals surface area contributed by atoms with Gasteiger partial charge in [0.25, 0.3) is 0 Å². The number of carbonyl (C=O) groups is 2. The van der Waals surface area contributed by atoms with Gasteiger partial charge < -0.3 is 25.2 Å². The number of hydrogen-bond donors (Lipinski definition) is 3. The molecule has 24 heavy (non-hydrogen) atoms. The van der Waals surface area contributed by atoms with Gasteiger partial charge in [-0.15, -0.1) is 0 Å². The Morgan fingerprint density at radius 3 is 2.62 bits per heavy atom. The number of ether oxygens (including phenoxy) is 1. The van der Waals surface area contributed by atoms with E-state index in [2.05, 4.69) is 19.2 Å². The van der Waals surface area contributed by atoms with Crippen LogP contribution in [0.3, 0.4) is 0 Å². The molecule has 130 valence electrons. The molecular formula is C17H22N2O5. The van der Waals surface area contributed by atoms with E-state index >= 15 is 0 Å². The molecule has 1 aromatic rings. The van der Waals surface area contributed by atoms with E-state index in [1.807, 2.05) is 0 Å². The van der Waals surface area contributed by atoms with Gasteiger partial charge >= 0.3 is 5.97 Å². The number of nitrogens with one attached hydrogen (secondary N) is 1. The molecule has 2 aliphatic rings. The average Bonchev–Trinajstić information content (AvgIpc) is 2.81. The van der Waals surface area contributed by atoms with Crippen LogP contribution in [0, 0.1) is 5.41 Å². The van der Waals surface area contributed by atoms with Gasteiger partial charge in [-0.05, 0) is 24.0 Å². The molecule has 0 radical (unpaired) electrons. The molecule has 2 fully saturated rings. The first-order valence-electron chi connectivity index (χ1n) is 8.01. The van der Waals surface area contributed by atoms with E-state index in [0.717, 1.165) is 13.0 Å². The van der Waals surface area contributed by atoms with Crippen molar-refractivity contribution in [3.8, 4) is 11.5 Å². The highest BCUT2D eigenvalue weighted by Gasteiger charge is 2.41. The maximum Gasteiger partial charge on any atom is 0.343 e. The van der Waals surface area contributed by atoms with Gasteiger partial charge in [-0.25, -0.2) is 4.79 Å². The molecular weight excluding hydrogens is 312 g/mol. The number of aromatic hydroxyl groups is 1. The number of hydrogen-bond acceptors (Lipinski definition) is 5. The lowest BCUT2D eigenvalue weighted by Crippen LogP contribution is -2.59. The van der Waals surface area contributed by atoms with Crippen molar-refractivity contribution in [2.24, 2.45) is 5.41 Å². The van der Waals surface area contributed by atoms with Crippen LogP contribution in [0.4, 0.5) is 0 Å². The minimum atomic E-state index is -1.24. The fraction of sp³-hybridized carbons (Fsp3) is 0.529. The lowest BCUT2D eigenvalue weighted by molar-refractivity contribution is -0.142. The first kappa shape index (κ1) is 16.6. The molecule has 1 amide bonds. The van der Waals surface area contributed by atoms with Gasteiger partial charge in [0.05, 0.1) is 19.1 Å².